The van der Waals surface area contributed by atoms with E-state index in [0.717, 1.165) is 59.1 Å². The van der Waals surface area contributed by atoms with Crippen LogP contribution in [0.15, 0.2) is 36.0 Å². The summed E-state index contributed by atoms with van der Waals surface area (Å²) < 4.78 is 5.28. The fraction of sp³-hybridized carbons (Fsp3) is 0.350. The van der Waals surface area contributed by atoms with Crippen molar-refractivity contribution in [1.29, 1.82) is 0 Å². The Balaban J connectivity index is 1.61. The van der Waals surface area contributed by atoms with Gasteiger partial charge in [0.15, 0.2) is 0 Å². The molecule has 0 saturated carbocycles. The molecule has 1 fully saturated rings. The predicted molar refractivity (Wildman–Crippen MR) is 112 cm³/mol. The standard InChI is InChI=1S/C20H23N5O2S/c1-21-17(26)11-24-7-9-25(10-8-24)19-18-16(12-28-20(18)23-13-22-19)14-3-5-15(27-2)6-4-14/h3-6,12-13H,7-11H2,1-2H3,(H,21,26). The van der Waals surface area contributed by atoms with Crippen LogP contribution < -0.4 is 15.0 Å². The third-order valence-electron chi connectivity index (χ3n) is 5.07. The summed E-state index contributed by atoms with van der Waals surface area (Å²) in [7, 11) is 3.35. The highest BCUT2D eigenvalue weighted by Crippen LogP contribution is 2.38. The van der Waals surface area contributed by atoms with Gasteiger partial charge in [0.1, 0.15) is 22.7 Å². The molecule has 2 aromatic heterocycles. The van der Waals surface area contributed by atoms with Gasteiger partial charge in [0, 0.05) is 44.2 Å². The third-order valence-corrected chi connectivity index (χ3v) is 5.96. The van der Waals surface area contributed by atoms with E-state index in [1.54, 1.807) is 31.8 Å². The van der Waals surface area contributed by atoms with Crippen LogP contribution in [0, 0.1) is 0 Å². The molecule has 0 atom stereocenters. The van der Waals surface area contributed by atoms with Crippen LogP contribution in [0.25, 0.3) is 21.3 Å². The lowest BCUT2D eigenvalue weighted by molar-refractivity contribution is -0.121. The zero-order valence-electron chi connectivity index (χ0n) is 16.0. The van der Waals surface area contributed by atoms with Crippen molar-refractivity contribution in [3.8, 4) is 16.9 Å². The van der Waals surface area contributed by atoms with Gasteiger partial charge in [0.05, 0.1) is 19.0 Å². The van der Waals surface area contributed by atoms with Crippen molar-refractivity contribution in [3.05, 3.63) is 36.0 Å². The van der Waals surface area contributed by atoms with Gasteiger partial charge in [0.2, 0.25) is 5.91 Å². The van der Waals surface area contributed by atoms with E-state index in [1.165, 1.54) is 0 Å². The number of amides is 1. The molecule has 0 unspecified atom stereocenters. The number of anilines is 1. The highest BCUT2D eigenvalue weighted by Gasteiger charge is 2.23. The first-order valence-electron chi connectivity index (χ1n) is 9.24. The van der Waals surface area contributed by atoms with E-state index < -0.39 is 0 Å². The number of piperazine rings is 1. The number of methoxy groups -OCH3 is 1. The largest absolute Gasteiger partial charge is 0.497 e. The van der Waals surface area contributed by atoms with Gasteiger partial charge >= 0.3 is 0 Å². The number of likely N-dealkylation sites (N-methyl/N-ethyl adjacent to an activating group) is 1. The Bertz CT molecular complexity index is 964. The summed E-state index contributed by atoms with van der Waals surface area (Å²) in [4.78, 5) is 26.2. The maximum atomic E-state index is 11.6. The van der Waals surface area contributed by atoms with Crippen molar-refractivity contribution in [2.75, 3.05) is 51.8 Å². The van der Waals surface area contributed by atoms with Crippen LogP contribution in [0.2, 0.25) is 0 Å². The van der Waals surface area contributed by atoms with Gasteiger partial charge in [-0.15, -0.1) is 11.3 Å². The molecule has 1 aliphatic heterocycles. The number of benzene rings is 1. The SMILES string of the molecule is CNC(=O)CN1CCN(c2ncnc3scc(-c4ccc(OC)cc4)c23)CC1. The van der Waals surface area contributed by atoms with Crippen molar-refractivity contribution in [2.24, 2.45) is 0 Å². The lowest BCUT2D eigenvalue weighted by Gasteiger charge is -2.35. The first-order valence-corrected chi connectivity index (χ1v) is 10.1. The number of hydrogen-bond donors (Lipinski definition) is 1. The van der Waals surface area contributed by atoms with Crippen LogP contribution in [0.3, 0.4) is 0 Å². The third kappa shape index (κ3) is 3.65. The minimum Gasteiger partial charge on any atom is -0.497 e. The molecule has 7 nitrogen and oxygen atoms in total. The smallest absolute Gasteiger partial charge is 0.233 e. The first kappa shape index (κ1) is 18.6. The maximum absolute atomic E-state index is 11.6. The predicted octanol–water partition coefficient (Wildman–Crippen LogP) is 2.23. The molecule has 1 amide bonds. The average molecular weight is 398 g/mol. The van der Waals surface area contributed by atoms with Gasteiger partial charge in [-0.3, -0.25) is 9.69 Å². The topological polar surface area (TPSA) is 70.6 Å². The quantitative estimate of drug-likeness (QED) is 0.712. The van der Waals surface area contributed by atoms with E-state index in [0.29, 0.717) is 6.54 Å². The molecule has 146 valence electrons. The molecule has 4 rings (SSSR count). The molecule has 0 aliphatic carbocycles. The lowest BCUT2D eigenvalue weighted by Crippen LogP contribution is -2.49. The van der Waals surface area contributed by atoms with E-state index in [2.05, 4.69) is 42.6 Å². The number of rotatable bonds is 5. The Morgan fingerprint density at radius 1 is 1.18 bits per heavy atom. The molecule has 1 saturated heterocycles. The minimum absolute atomic E-state index is 0.0532. The van der Waals surface area contributed by atoms with Gasteiger partial charge in [-0.25, -0.2) is 9.97 Å². The van der Waals surface area contributed by atoms with Crippen LogP contribution in [-0.4, -0.2) is 67.7 Å². The summed E-state index contributed by atoms with van der Waals surface area (Å²) in [5.74, 6) is 1.86. The summed E-state index contributed by atoms with van der Waals surface area (Å²) in [6, 6.07) is 8.08. The van der Waals surface area contributed by atoms with Crippen molar-refractivity contribution < 1.29 is 9.53 Å². The Hall–Kier alpha value is -2.71. The molecular formula is C20H23N5O2S. The normalized spacial score (nSPS) is 15.0. The highest BCUT2D eigenvalue weighted by atomic mass is 32.1. The molecule has 3 aromatic rings. The van der Waals surface area contributed by atoms with Crippen LogP contribution >= 0.6 is 11.3 Å². The minimum atomic E-state index is 0.0532. The molecule has 1 aliphatic rings. The van der Waals surface area contributed by atoms with Crippen molar-refractivity contribution in [1.82, 2.24) is 20.2 Å². The highest BCUT2D eigenvalue weighted by molar-refractivity contribution is 7.17. The van der Waals surface area contributed by atoms with Gasteiger partial charge in [-0.1, -0.05) is 12.1 Å². The molecule has 0 spiro atoms. The van der Waals surface area contributed by atoms with Gasteiger partial charge in [-0.05, 0) is 17.7 Å². The van der Waals surface area contributed by atoms with Crippen LogP contribution in [0.1, 0.15) is 0 Å². The molecule has 1 N–H and O–H groups in total. The van der Waals surface area contributed by atoms with E-state index in [4.69, 9.17) is 4.74 Å². The zero-order chi connectivity index (χ0) is 19.5. The Labute approximate surface area is 168 Å². The van der Waals surface area contributed by atoms with Crippen molar-refractivity contribution in [2.45, 2.75) is 0 Å². The Morgan fingerprint density at radius 2 is 1.93 bits per heavy atom. The van der Waals surface area contributed by atoms with E-state index >= 15 is 0 Å². The Kier molecular flexibility index (Phi) is 5.40. The molecule has 0 radical (unpaired) electrons. The van der Waals surface area contributed by atoms with Gasteiger partial charge in [-0.2, -0.15) is 0 Å². The fourth-order valence-corrected chi connectivity index (χ4v) is 4.39. The second-order valence-corrected chi connectivity index (χ2v) is 7.55. The van der Waals surface area contributed by atoms with E-state index in [-0.39, 0.29) is 5.91 Å². The summed E-state index contributed by atoms with van der Waals surface area (Å²) in [5.41, 5.74) is 2.27. The maximum Gasteiger partial charge on any atom is 0.233 e. The number of fused-ring (bicyclic) bond motifs is 1. The molecule has 28 heavy (non-hydrogen) atoms. The lowest BCUT2D eigenvalue weighted by atomic mass is 10.1. The first-order chi connectivity index (χ1) is 13.7. The van der Waals surface area contributed by atoms with Crippen molar-refractivity contribution in [3.63, 3.8) is 0 Å². The van der Waals surface area contributed by atoms with Crippen LogP contribution in [0.4, 0.5) is 5.82 Å². The van der Waals surface area contributed by atoms with Crippen molar-refractivity contribution >= 4 is 33.3 Å². The number of thiophene rings is 1. The Morgan fingerprint density at radius 3 is 2.61 bits per heavy atom. The molecule has 8 heteroatoms. The number of hydrogen-bond acceptors (Lipinski definition) is 7. The number of carbonyl (C=O) groups is 1. The summed E-state index contributed by atoms with van der Waals surface area (Å²) >= 11 is 1.64. The van der Waals surface area contributed by atoms with Gasteiger partial charge < -0.3 is 15.0 Å². The summed E-state index contributed by atoms with van der Waals surface area (Å²) in [6.07, 6.45) is 1.64. The van der Waals surface area contributed by atoms with Gasteiger partial charge in [0.25, 0.3) is 0 Å². The van der Waals surface area contributed by atoms with E-state index in [1.807, 2.05) is 12.1 Å². The number of aromatic nitrogens is 2. The van der Waals surface area contributed by atoms with Crippen LogP contribution in [-0.2, 0) is 4.79 Å². The van der Waals surface area contributed by atoms with Crippen LogP contribution in [0.5, 0.6) is 5.75 Å². The fourth-order valence-electron chi connectivity index (χ4n) is 3.48. The molecular weight excluding hydrogens is 374 g/mol. The number of carbonyl (C=O) groups excluding carboxylic acids is 1. The summed E-state index contributed by atoms with van der Waals surface area (Å²) in [6.45, 7) is 3.78. The molecule has 1 aromatic carbocycles. The monoisotopic (exact) mass is 397 g/mol. The van der Waals surface area contributed by atoms with E-state index in [9.17, 15) is 4.79 Å². The average Bonchev–Trinajstić information content (AvgIpc) is 3.18. The zero-order valence-corrected chi connectivity index (χ0v) is 16.8. The number of nitrogens with one attached hydrogen (secondary N) is 1. The molecule has 0 bridgehead atoms. The number of ether oxygens (including phenoxy) is 1. The second kappa shape index (κ2) is 8.12. The number of nitrogens with zero attached hydrogens (tertiary/aromatic N) is 4. The molecule has 3 heterocycles. The second-order valence-electron chi connectivity index (χ2n) is 6.69. The summed E-state index contributed by atoms with van der Waals surface area (Å²) in [5, 5.41) is 5.93.